The molecule has 0 aromatic heterocycles. The van der Waals surface area contributed by atoms with E-state index in [-0.39, 0.29) is 0 Å². The van der Waals surface area contributed by atoms with E-state index in [1.54, 1.807) is 30.3 Å². The lowest BCUT2D eigenvalue weighted by Gasteiger charge is -2.06. The molecule has 0 fully saturated rings. The van der Waals surface area contributed by atoms with Crippen LogP contribution in [0.15, 0.2) is 36.4 Å². The molecule has 0 saturated carbocycles. The van der Waals surface area contributed by atoms with Crippen molar-refractivity contribution in [3.63, 3.8) is 0 Å². The smallest absolute Gasteiger partial charge is 0.178 e. The SMILES string of the molecule is CS(=O)(=O)CC(=O)c1ccc(Cl)c2ccccc12. The van der Waals surface area contributed by atoms with Crippen LogP contribution in [0.4, 0.5) is 0 Å². The number of carbonyl (C=O) groups is 1. The fraction of sp³-hybridized carbons (Fsp3) is 0.154. The van der Waals surface area contributed by atoms with Gasteiger partial charge >= 0.3 is 0 Å². The summed E-state index contributed by atoms with van der Waals surface area (Å²) in [6.07, 6.45) is 1.04. The fourth-order valence-corrected chi connectivity index (χ4v) is 2.68. The minimum atomic E-state index is -3.33. The lowest BCUT2D eigenvalue weighted by atomic mass is 10.0. The van der Waals surface area contributed by atoms with E-state index >= 15 is 0 Å². The van der Waals surface area contributed by atoms with E-state index in [2.05, 4.69) is 0 Å². The van der Waals surface area contributed by atoms with Gasteiger partial charge in [-0.1, -0.05) is 35.9 Å². The second kappa shape index (κ2) is 4.71. The Morgan fingerprint density at radius 2 is 1.72 bits per heavy atom. The molecule has 0 radical (unpaired) electrons. The Morgan fingerprint density at radius 3 is 2.33 bits per heavy atom. The first-order chi connectivity index (χ1) is 8.38. The van der Waals surface area contributed by atoms with E-state index < -0.39 is 21.4 Å². The van der Waals surface area contributed by atoms with Gasteiger partial charge in [-0.3, -0.25) is 4.79 Å². The van der Waals surface area contributed by atoms with E-state index in [4.69, 9.17) is 11.6 Å². The van der Waals surface area contributed by atoms with Crippen molar-refractivity contribution in [3.05, 3.63) is 47.0 Å². The first-order valence-electron chi connectivity index (χ1n) is 5.26. The minimum absolute atomic E-state index is 0.389. The van der Waals surface area contributed by atoms with Crippen molar-refractivity contribution >= 4 is 38.0 Å². The third-order valence-electron chi connectivity index (χ3n) is 2.56. The number of rotatable bonds is 3. The zero-order valence-corrected chi connectivity index (χ0v) is 11.3. The van der Waals surface area contributed by atoms with Crippen molar-refractivity contribution < 1.29 is 13.2 Å². The summed E-state index contributed by atoms with van der Waals surface area (Å²) in [5.74, 6) is -0.899. The van der Waals surface area contributed by atoms with Crippen LogP contribution in [0.2, 0.25) is 5.02 Å². The molecule has 0 amide bonds. The van der Waals surface area contributed by atoms with Gasteiger partial charge in [0.25, 0.3) is 0 Å². The molecule has 5 heteroatoms. The third kappa shape index (κ3) is 2.71. The van der Waals surface area contributed by atoms with Gasteiger partial charge in [0, 0.05) is 22.2 Å². The molecule has 18 heavy (non-hydrogen) atoms. The zero-order chi connectivity index (χ0) is 13.3. The molecule has 94 valence electrons. The average Bonchev–Trinajstić information content (AvgIpc) is 2.27. The Kier molecular flexibility index (Phi) is 3.41. The summed E-state index contributed by atoms with van der Waals surface area (Å²) in [4.78, 5) is 12.0. The minimum Gasteiger partial charge on any atom is -0.293 e. The Labute approximate surface area is 110 Å². The molecule has 0 aliphatic rings. The van der Waals surface area contributed by atoms with Gasteiger partial charge in [0.15, 0.2) is 15.6 Å². The van der Waals surface area contributed by atoms with Crippen LogP contribution in [-0.4, -0.2) is 26.2 Å². The van der Waals surface area contributed by atoms with Crippen LogP contribution in [0.1, 0.15) is 10.4 Å². The van der Waals surface area contributed by atoms with E-state index in [1.807, 2.05) is 6.07 Å². The standard InChI is InChI=1S/C13H11ClO3S/c1-18(16,17)8-13(15)11-6-7-12(14)10-5-3-2-4-9(10)11/h2-7H,8H2,1H3. The number of hydrogen-bond donors (Lipinski definition) is 0. The van der Waals surface area contributed by atoms with E-state index in [0.717, 1.165) is 11.6 Å². The summed E-state index contributed by atoms with van der Waals surface area (Å²) >= 11 is 6.04. The van der Waals surface area contributed by atoms with Crippen LogP contribution in [-0.2, 0) is 9.84 Å². The number of sulfone groups is 1. The van der Waals surface area contributed by atoms with E-state index in [0.29, 0.717) is 16.0 Å². The third-order valence-corrected chi connectivity index (χ3v) is 3.68. The number of Topliss-reactive ketones (excluding diaryl/α,β-unsaturated/α-hetero) is 1. The number of halogens is 1. The molecule has 2 aromatic rings. The second-order valence-electron chi connectivity index (χ2n) is 4.13. The highest BCUT2D eigenvalue weighted by Gasteiger charge is 2.16. The number of hydrogen-bond acceptors (Lipinski definition) is 3. The maximum Gasteiger partial charge on any atom is 0.178 e. The normalized spacial score (nSPS) is 11.7. The Balaban J connectivity index is 2.59. The first-order valence-corrected chi connectivity index (χ1v) is 7.70. The summed E-state index contributed by atoms with van der Waals surface area (Å²) < 4.78 is 22.3. The van der Waals surface area contributed by atoms with Gasteiger partial charge in [0.05, 0.1) is 0 Å². The van der Waals surface area contributed by atoms with E-state index in [9.17, 15) is 13.2 Å². The molecule has 0 N–H and O–H groups in total. The molecule has 2 aromatic carbocycles. The number of benzene rings is 2. The van der Waals surface area contributed by atoms with Crippen LogP contribution in [0.25, 0.3) is 10.8 Å². The van der Waals surface area contributed by atoms with Gasteiger partial charge in [0.2, 0.25) is 0 Å². The topological polar surface area (TPSA) is 51.2 Å². The van der Waals surface area contributed by atoms with Gasteiger partial charge in [-0.2, -0.15) is 0 Å². The molecule has 2 rings (SSSR count). The van der Waals surface area contributed by atoms with Crippen LogP contribution >= 0.6 is 11.6 Å². The molecule has 0 atom stereocenters. The summed E-state index contributed by atoms with van der Waals surface area (Å²) in [7, 11) is -3.33. The molecule has 0 bridgehead atoms. The van der Waals surface area contributed by atoms with Crippen molar-refractivity contribution in [2.75, 3.05) is 12.0 Å². The monoisotopic (exact) mass is 282 g/mol. The highest BCUT2D eigenvalue weighted by atomic mass is 35.5. The van der Waals surface area contributed by atoms with Gasteiger partial charge in [-0.25, -0.2) is 8.42 Å². The van der Waals surface area contributed by atoms with Gasteiger partial charge in [0.1, 0.15) is 5.75 Å². The first kappa shape index (κ1) is 13.1. The maximum atomic E-state index is 12.0. The summed E-state index contributed by atoms with van der Waals surface area (Å²) in [5.41, 5.74) is 0.389. The van der Waals surface area contributed by atoms with Crippen LogP contribution in [0, 0.1) is 0 Å². The highest BCUT2D eigenvalue weighted by Crippen LogP contribution is 2.26. The van der Waals surface area contributed by atoms with Crippen molar-refractivity contribution in [2.24, 2.45) is 0 Å². The number of fused-ring (bicyclic) bond motifs is 1. The Morgan fingerprint density at radius 1 is 1.11 bits per heavy atom. The summed E-state index contributed by atoms with van der Waals surface area (Å²) in [6.45, 7) is 0. The molecule has 0 spiro atoms. The molecule has 0 heterocycles. The average molecular weight is 283 g/mol. The largest absolute Gasteiger partial charge is 0.293 e. The molecule has 0 aliphatic heterocycles. The lowest BCUT2D eigenvalue weighted by Crippen LogP contribution is -2.14. The lowest BCUT2D eigenvalue weighted by molar-refractivity contribution is 0.102. The van der Waals surface area contributed by atoms with E-state index in [1.165, 1.54) is 0 Å². The zero-order valence-electron chi connectivity index (χ0n) is 9.68. The van der Waals surface area contributed by atoms with Crippen molar-refractivity contribution in [2.45, 2.75) is 0 Å². The van der Waals surface area contributed by atoms with Gasteiger partial charge < -0.3 is 0 Å². The quantitative estimate of drug-likeness (QED) is 0.814. The summed E-state index contributed by atoms with van der Waals surface area (Å²) in [5, 5.41) is 1.97. The molecular weight excluding hydrogens is 272 g/mol. The number of carbonyl (C=O) groups excluding carboxylic acids is 1. The van der Waals surface area contributed by atoms with Crippen LogP contribution in [0.3, 0.4) is 0 Å². The molecule has 0 saturated heterocycles. The second-order valence-corrected chi connectivity index (χ2v) is 6.68. The van der Waals surface area contributed by atoms with Crippen LogP contribution in [0.5, 0.6) is 0 Å². The van der Waals surface area contributed by atoms with Crippen LogP contribution < -0.4 is 0 Å². The van der Waals surface area contributed by atoms with Crippen molar-refractivity contribution in [3.8, 4) is 0 Å². The molecular formula is C13H11ClO3S. The molecule has 3 nitrogen and oxygen atoms in total. The molecule has 0 aliphatic carbocycles. The predicted molar refractivity (Wildman–Crippen MR) is 73.0 cm³/mol. The Hall–Kier alpha value is -1.39. The highest BCUT2D eigenvalue weighted by molar-refractivity contribution is 7.91. The van der Waals surface area contributed by atoms with Crippen molar-refractivity contribution in [1.82, 2.24) is 0 Å². The number of ketones is 1. The fourth-order valence-electron chi connectivity index (χ4n) is 1.82. The Bertz CT molecular complexity index is 720. The van der Waals surface area contributed by atoms with Gasteiger partial charge in [-0.05, 0) is 17.5 Å². The van der Waals surface area contributed by atoms with Crippen molar-refractivity contribution in [1.29, 1.82) is 0 Å². The maximum absolute atomic E-state index is 12.0. The molecule has 0 unspecified atom stereocenters. The predicted octanol–water partition coefficient (Wildman–Crippen LogP) is 2.72. The summed E-state index contributed by atoms with van der Waals surface area (Å²) in [6, 6.07) is 10.3. The van der Waals surface area contributed by atoms with Gasteiger partial charge in [-0.15, -0.1) is 0 Å².